The molecule has 0 heterocycles. The van der Waals surface area contributed by atoms with Crippen molar-refractivity contribution in [3.63, 3.8) is 0 Å². The molecule has 1 atom stereocenters. The number of para-hydroxylation sites is 1. The van der Waals surface area contributed by atoms with Gasteiger partial charge < -0.3 is 15.2 Å². The monoisotopic (exact) mass is 332 g/mol. The Balaban J connectivity index is 2.87. The van der Waals surface area contributed by atoms with E-state index in [2.05, 4.69) is 21.2 Å². The largest absolute Gasteiger partial charge is 0.484 e. The third-order valence-electron chi connectivity index (χ3n) is 2.29. The van der Waals surface area contributed by atoms with Gasteiger partial charge in [0.05, 0.1) is 9.40 Å². The number of nitro groups is 1. The van der Waals surface area contributed by atoms with Crippen LogP contribution in [-0.4, -0.2) is 35.2 Å². The van der Waals surface area contributed by atoms with Gasteiger partial charge in [0.2, 0.25) is 5.75 Å². The molecule has 0 aliphatic rings. The zero-order valence-corrected chi connectivity index (χ0v) is 11.7. The quantitative estimate of drug-likeness (QED) is 0.583. The molecule has 0 aliphatic heterocycles. The first-order valence-corrected chi connectivity index (χ1v) is 6.28. The summed E-state index contributed by atoms with van der Waals surface area (Å²) in [5.41, 5.74) is -0.213. The van der Waals surface area contributed by atoms with Crippen LogP contribution in [0.4, 0.5) is 5.69 Å². The number of halogens is 1. The average Bonchev–Trinajstić information content (AvgIpc) is 2.34. The van der Waals surface area contributed by atoms with Crippen molar-refractivity contribution in [2.75, 3.05) is 13.2 Å². The number of aliphatic carboxylic acids is 1. The summed E-state index contributed by atoms with van der Waals surface area (Å²) in [4.78, 5) is 21.2. The van der Waals surface area contributed by atoms with E-state index in [1.165, 1.54) is 12.1 Å². The van der Waals surface area contributed by atoms with Crippen LogP contribution in [0.1, 0.15) is 6.92 Å². The fourth-order valence-corrected chi connectivity index (χ4v) is 1.88. The van der Waals surface area contributed by atoms with Gasteiger partial charge in [0.1, 0.15) is 12.6 Å². The summed E-state index contributed by atoms with van der Waals surface area (Å²) >= 11 is 3.14. The molecule has 7 nitrogen and oxygen atoms in total. The number of carboxylic acids is 1. The van der Waals surface area contributed by atoms with Crippen molar-refractivity contribution in [2.24, 2.45) is 0 Å². The van der Waals surface area contributed by atoms with Crippen LogP contribution in [0.2, 0.25) is 0 Å². The number of nitrogens with zero attached hydrogens (tertiary/aromatic N) is 1. The van der Waals surface area contributed by atoms with Crippen LogP contribution in [0, 0.1) is 10.1 Å². The van der Waals surface area contributed by atoms with Gasteiger partial charge in [-0.15, -0.1) is 0 Å². The lowest BCUT2D eigenvalue weighted by Crippen LogP contribution is -2.41. The molecule has 0 fully saturated rings. The smallest absolute Gasteiger partial charge is 0.324 e. The third kappa shape index (κ3) is 4.18. The van der Waals surface area contributed by atoms with Crippen molar-refractivity contribution >= 4 is 27.6 Å². The molecule has 1 aromatic rings. The van der Waals surface area contributed by atoms with Crippen LogP contribution in [0.5, 0.6) is 5.75 Å². The van der Waals surface area contributed by atoms with Crippen LogP contribution in [-0.2, 0) is 4.79 Å². The molecule has 1 rings (SSSR count). The average molecular weight is 333 g/mol. The number of carboxylic acid groups (broad SMARTS) is 1. The van der Waals surface area contributed by atoms with Crippen LogP contribution in [0.25, 0.3) is 0 Å². The second-order valence-corrected chi connectivity index (χ2v) is 4.46. The first-order valence-electron chi connectivity index (χ1n) is 5.49. The standard InChI is InChI=1S/C11H13BrN2O5/c1-2-13-8(11(15)16)6-19-10-7(12)4-3-5-9(10)14(17)18/h3-5,8,13H,2,6H2,1H3,(H,15,16). The summed E-state index contributed by atoms with van der Waals surface area (Å²) in [6.45, 7) is 2.02. The lowest BCUT2D eigenvalue weighted by atomic mass is 10.3. The van der Waals surface area contributed by atoms with Gasteiger partial charge in [0, 0.05) is 6.07 Å². The van der Waals surface area contributed by atoms with Gasteiger partial charge in [-0.2, -0.15) is 0 Å². The minimum absolute atomic E-state index is 0.0247. The van der Waals surface area contributed by atoms with Crippen molar-refractivity contribution in [1.82, 2.24) is 5.32 Å². The van der Waals surface area contributed by atoms with E-state index in [1.54, 1.807) is 13.0 Å². The molecule has 104 valence electrons. The van der Waals surface area contributed by atoms with Crippen LogP contribution >= 0.6 is 15.9 Å². The molecule has 0 spiro atoms. The van der Waals surface area contributed by atoms with Gasteiger partial charge in [-0.05, 0) is 28.5 Å². The second kappa shape index (κ2) is 7.05. The van der Waals surface area contributed by atoms with Crippen molar-refractivity contribution < 1.29 is 19.6 Å². The Hall–Kier alpha value is -1.67. The van der Waals surface area contributed by atoms with Gasteiger partial charge in [-0.25, -0.2) is 0 Å². The number of rotatable bonds is 7. The minimum atomic E-state index is -1.07. The number of hydrogen-bond acceptors (Lipinski definition) is 5. The van der Waals surface area contributed by atoms with Crippen molar-refractivity contribution in [1.29, 1.82) is 0 Å². The topological polar surface area (TPSA) is 102 Å². The predicted octanol–water partition coefficient (Wildman–Crippen LogP) is 1.80. The van der Waals surface area contributed by atoms with Gasteiger partial charge >= 0.3 is 11.7 Å². The molecule has 0 saturated heterocycles. The van der Waals surface area contributed by atoms with Gasteiger partial charge in [0.25, 0.3) is 0 Å². The maximum Gasteiger partial charge on any atom is 0.324 e. The molecule has 0 aliphatic carbocycles. The molecule has 2 N–H and O–H groups in total. The summed E-state index contributed by atoms with van der Waals surface area (Å²) in [5, 5.41) is 22.5. The van der Waals surface area contributed by atoms with E-state index in [4.69, 9.17) is 9.84 Å². The van der Waals surface area contributed by atoms with E-state index in [1.807, 2.05) is 0 Å². The molecule has 0 saturated carbocycles. The molecule has 0 aromatic heterocycles. The summed E-state index contributed by atoms with van der Waals surface area (Å²) < 4.78 is 5.68. The number of nitro benzene ring substituents is 1. The number of hydrogen-bond donors (Lipinski definition) is 2. The number of benzene rings is 1. The number of likely N-dealkylation sites (N-methyl/N-ethyl adjacent to an activating group) is 1. The zero-order valence-electron chi connectivity index (χ0n) is 10.1. The second-order valence-electron chi connectivity index (χ2n) is 3.60. The van der Waals surface area contributed by atoms with Crippen molar-refractivity contribution in [3.05, 3.63) is 32.8 Å². The SMILES string of the molecule is CCNC(COc1c(Br)cccc1[N+](=O)[O-])C(=O)O. The summed E-state index contributed by atoms with van der Waals surface area (Å²) in [7, 11) is 0. The fraction of sp³-hybridized carbons (Fsp3) is 0.364. The first-order chi connectivity index (χ1) is 8.97. The summed E-state index contributed by atoms with van der Waals surface area (Å²) in [6.07, 6.45) is 0. The van der Waals surface area contributed by atoms with Gasteiger partial charge in [-0.1, -0.05) is 13.0 Å². The van der Waals surface area contributed by atoms with Crippen molar-refractivity contribution in [3.8, 4) is 5.75 Å². The Kier molecular flexibility index (Phi) is 5.71. The van der Waals surface area contributed by atoms with E-state index in [-0.39, 0.29) is 18.0 Å². The Bertz CT molecular complexity index is 480. The highest BCUT2D eigenvalue weighted by Gasteiger charge is 2.22. The molecule has 0 bridgehead atoms. The van der Waals surface area contributed by atoms with E-state index < -0.39 is 16.9 Å². The van der Waals surface area contributed by atoms with E-state index in [0.29, 0.717) is 11.0 Å². The van der Waals surface area contributed by atoms with Crippen LogP contribution < -0.4 is 10.1 Å². The molecule has 19 heavy (non-hydrogen) atoms. The Morgan fingerprint density at radius 3 is 2.84 bits per heavy atom. The maximum atomic E-state index is 10.9. The molecule has 8 heteroatoms. The van der Waals surface area contributed by atoms with Gasteiger partial charge in [-0.3, -0.25) is 14.9 Å². The Morgan fingerprint density at radius 1 is 1.63 bits per heavy atom. The number of carbonyl (C=O) groups is 1. The van der Waals surface area contributed by atoms with E-state index >= 15 is 0 Å². The molecule has 1 unspecified atom stereocenters. The maximum absolute atomic E-state index is 10.9. The molecule has 0 amide bonds. The molecular weight excluding hydrogens is 320 g/mol. The van der Waals surface area contributed by atoms with Crippen LogP contribution in [0.15, 0.2) is 22.7 Å². The van der Waals surface area contributed by atoms with E-state index in [0.717, 1.165) is 0 Å². The number of ether oxygens (including phenoxy) is 1. The number of nitrogens with one attached hydrogen (secondary N) is 1. The van der Waals surface area contributed by atoms with Crippen LogP contribution in [0.3, 0.4) is 0 Å². The normalized spacial score (nSPS) is 11.9. The highest BCUT2D eigenvalue weighted by atomic mass is 79.9. The highest BCUT2D eigenvalue weighted by molar-refractivity contribution is 9.10. The Labute approximate surface area is 117 Å². The molecule has 1 aromatic carbocycles. The lowest BCUT2D eigenvalue weighted by molar-refractivity contribution is -0.386. The molecular formula is C11H13BrN2O5. The van der Waals surface area contributed by atoms with E-state index in [9.17, 15) is 14.9 Å². The first kappa shape index (κ1) is 15.4. The lowest BCUT2D eigenvalue weighted by Gasteiger charge is -2.15. The predicted molar refractivity (Wildman–Crippen MR) is 71.4 cm³/mol. The minimum Gasteiger partial charge on any atom is -0.484 e. The fourth-order valence-electron chi connectivity index (χ4n) is 1.41. The molecule has 0 radical (unpaired) electrons. The Morgan fingerprint density at radius 2 is 2.32 bits per heavy atom. The third-order valence-corrected chi connectivity index (χ3v) is 2.91. The van der Waals surface area contributed by atoms with Gasteiger partial charge in [0.15, 0.2) is 0 Å². The zero-order chi connectivity index (χ0) is 14.4. The summed E-state index contributed by atoms with van der Waals surface area (Å²) in [6, 6.07) is 3.47. The summed E-state index contributed by atoms with van der Waals surface area (Å²) in [5.74, 6) is -1.05. The van der Waals surface area contributed by atoms with Crippen molar-refractivity contribution in [2.45, 2.75) is 13.0 Å². The highest BCUT2D eigenvalue weighted by Crippen LogP contribution is 2.34.